The molecule has 1 aliphatic rings. The third kappa shape index (κ3) is 4.30. The van der Waals surface area contributed by atoms with Crippen molar-refractivity contribution in [1.29, 1.82) is 0 Å². The van der Waals surface area contributed by atoms with E-state index in [1.54, 1.807) is 12.6 Å². The summed E-state index contributed by atoms with van der Waals surface area (Å²) < 4.78 is 15.1. The molecule has 3 aromatic heterocycles. The molecule has 4 heterocycles. The minimum atomic E-state index is -0.304. The Morgan fingerprint density at radius 3 is 2.71 bits per heavy atom. The first kappa shape index (κ1) is 21.7. The number of H-pyrrole nitrogens is 1. The second kappa shape index (κ2) is 9.33. The Hall–Kier alpha value is -2.50. The van der Waals surface area contributed by atoms with Crippen molar-refractivity contribution in [1.82, 2.24) is 25.1 Å². The average Bonchev–Trinajstić information content (AvgIpc) is 3.42. The molecule has 0 bridgehead atoms. The molecule has 0 saturated carbocycles. The van der Waals surface area contributed by atoms with Gasteiger partial charge in [-0.25, -0.2) is 14.4 Å². The summed E-state index contributed by atoms with van der Waals surface area (Å²) in [7, 11) is 1.77. The molecule has 4 aromatic rings. The molecule has 1 fully saturated rings. The fraction of sp³-hybridized carbons (Fsp3) is 0.400. The summed E-state index contributed by atoms with van der Waals surface area (Å²) in [6.45, 7) is 5.61. The van der Waals surface area contributed by atoms with Crippen molar-refractivity contribution < 1.29 is 4.39 Å². The van der Waals surface area contributed by atoms with E-state index < -0.39 is 0 Å². The van der Waals surface area contributed by atoms with Gasteiger partial charge in [-0.15, -0.1) is 10.2 Å². The van der Waals surface area contributed by atoms with Crippen LogP contribution in [0, 0.1) is 5.82 Å². The van der Waals surface area contributed by atoms with Crippen LogP contribution in [-0.2, 0) is 0 Å². The Kier molecular flexibility index (Phi) is 6.54. The highest BCUT2D eigenvalue weighted by Gasteiger charge is 2.24. The SMILES string of the molecule is CC.CNc1cc(F)cc2c1[nH]c1nc(Sc3nncs3)nc(N3CCC(N)CC3)c12. The van der Waals surface area contributed by atoms with Crippen molar-refractivity contribution in [2.45, 2.75) is 42.2 Å². The van der Waals surface area contributed by atoms with E-state index in [0.29, 0.717) is 16.5 Å². The first-order valence-corrected chi connectivity index (χ1v) is 12.0. The number of nitrogens with two attached hydrogens (primary N) is 1. The van der Waals surface area contributed by atoms with E-state index in [2.05, 4.69) is 25.4 Å². The minimum absolute atomic E-state index is 0.204. The van der Waals surface area contributed by atoms with Crippen LogP contribution in [0.1, 0.15) is 26.7 Å². The predicted molar refractivity (Wildman–Crippen MR) is 126 cm³/mol. The Labute approximate surface area is 187 Å². The maximum Gasteiger partial charge on any atom is 0.198 e. The molecular formula is C20H25FN8S2. The molecule has 4 N–H and O–H groups in total. The molecule has 0 atom stereocenters. The molecule has 8 nitrogen and oxygen atoms in total. The van der Waals surface area contributed by atoms with Crippen LogP contribution in [-0.4, -0.2) is 51.3 Å². The number of benzene rings is 1. The lowest BCUT2D eigenvalue weighted by Gasteiger charge is -2.31. The van der Waals surface area contributed by atoms with Crippen molar-refractivity contribution >= 4 is 56.5 Å². The van der Waals surface area contributed by atoms with Gasteiger partial charge in [0.05, 0.1) is 16.6 Å². The molecule has 11 heteroatoms. The number of anilines is 2. The van der Waals surface area contributed by atoms with Gasteiger partial charge in [-0.05, 0) is 36.7 Å². The third-order valence-electron chi connectivity index (χ3n) is 5.11. The number of nitrogens with one attached hydrogen (secondary N) is 2. The highest BCUT2D eigenvalue weighted by molar-refractivity contribution is 8.00. The van der Waals surface area contributed by atoms with Crippen molar-refractivity contribution in [3.8, 4) is 0 Å². The first-order valence-electron chi connectivity index (χ1n) is 10.3. The maximum absolute atomic E-state index is 14.3. The highest BCUT2D eigenvalue weighted by Crippen LogP contribution is 2.38. The van der Waals surface area contributed by atoms with Gasteiger partial charge in [0.1, 0.15) is 22.8 Å². The van der Waals surface area contributed by atoms with Crippen LogP contribution >= 0.6 is 23.1 Å². The molecule has 164 valence electrons. The van der Waals surface area contributed by atoms with Gasteiger partial charge in [0.15, 0.2) is 9.50 Å². The normalized spacial score (nSPS) is 14.7. The van der Waals surface area contributed by atoms with Crippen LogP contribution in [0.3, 0.4) is 0 Å². The van der Waals surface area contributed by atoms with Crippen LogP contribution in [0.25, 0.3) is 21.9 Å². The maximum atomic E-state index is 14.3. The molecule has 0 spiro atoms. The van der Waals surface area contributed by atoms with Gasteiger partial charge in [0, 0.05) is 31.6 Å². The van der Waals surface area contributed by atoms with E-state index in [4.69, 9.17) is 15.7 Å². The van der Waals surface area contributed by atoms with E-state index in [1.165, 1.54) is 35.2 Å². The number of aromatic amines is 1. The van der Waals surface area contributed by atoms with Crippen LogP contribution in [0.2, 0.25) is 0 Å². The number of rotatable bonds is 4. The number of fused-ring (bicyclic) bond motifs is 3. The summed E-state index contributed by atoms with van der Waals surface area (Å²) in [6.07, 6.45) is 1.78. The zero-order valence-corrected chi connectivity index (χ0v) is 19.3. The number of piperidine rings is 1. The summed E-state index contributed by atoms with van der Waals surface area (Å²) in [5, 5.41) is 13.2. The van der Waals surface area contributed by atoms with Crippen LogP contribution in [0.4, 0.5) is 15.9 Å². The third-order valence-corrected chi connectivity index (χ3v) is 6.76. The quantitative estimate of drug-likeness (QED) is 0.388. The Morgan fingerprint density at radius 2 is 2.03 bits per heavy atom. The standard InChI is InChI=1S/C18H19FN8S2.C2H6/c1-21-12-7-9(19)6-11-13-15(23-14(11)12)24-17(29-18-26-22-8-28-18)25-16(13)27-4-2-10(20)3-5-27;1-2/h6-8,10,21H,2-5,20H2,1H3,(H,23,24,25);1-2H3. The van der Waals surface area contributed by atoms with Gasteiger partial charge in [-0.1, -0.05) is 25.2 Å². The van der Waals surface area contributed by atoms with Gasteiger partial charge >= 0.3 is 0 Å². The summed E-state index contributed by atoms with van der Waals surface area (Å²) in [4.78, 5) is 15.1. The molecule has 0 unspecified atom stereocenters. The average molecular weight is 461 g/mol. The van der Waals surface area contributed by atoms with Gasteiger partial charge in [0.2, 0.25) is 0 Å². The van der Waals surface area contributed by atoms with E-state index in [9.17, 15) is 4.39 Å². The molecular weight excluding hydrogens is 435 g/mol. The molecule has 0 aliphatic carbocycles. The summed E-state index contributed by atoms with van der Waals surface area (Å²) in [6, 6.07) is 3.21. The predicted octanol–water partition coefficient (Wildman–Crippen LogP) is 4.25. The Morgan fingerprint density at radius 1 is 1.26 bits per heavy atom. The van der Waals surface area contributed by atoms with Gasteiger partial charge in [0.25, 0.3) is 0 Å². The topological polar surface area (TPSA) is 109 Å². The fourth-order valence-corrected chi connectivity index (χ4v) is 5.03. The molecule has 1 aliphatic heterocycles. The number of hydrogen-bond donors (Lipinski definition) is 3. The molecule has 0 radical (unpaired) electrons. The molecule has 0 amide bonds. The number of halogens is 1. The van der Waals surface area contributed by atoms with E-state index in [0.717, 1.165) is 52.4 Å². The smallest absolute Gasteiger partial charge is 0.198 e. The number of nitrogens with zero attached hydrogens (tertiary/aromatic N) is 5. The number of hydrogen-bond acceptors (Lipinski definition) is 9. The van der Waals surface area contributed by atoms with Crippen LogP contribution in [0.15, 0.2) is 27.1 Å². The molecule has 5 rings (SSSR count). The molecule has 1 aromatic carbocycles. The van der Waals surface area contributed by atoms with E-state index in [1.807, 2.05) is 13.8 Å². The van der Waals surface area contributed by atoms with Gasteiger partial charge in [-0.3, -0.25) is 0 Å². The van der Waals surface area contributed by atoms with Gasteiger partial charge < -0.3 is 20.9 Å². The lowest BCUT2D eigenvalue weighted by atomic mass is 10.1. The summed E-state index contributed by atoms with van der Waals surface area (Å²) >= 11 is 2.81. The lowest BCUT2D eigenvalue weighted by Crippen LogP contribution is -2.40. The van der Waals surface area contributed by atoms with E-state index in [-0.39, 0.29) is 11.9 Å². The first-order chi connectivity index (χ1) is 15.1. The van der Waals surface area contributed by atoms with Crippen molar-refractivity contribution in [3.63, 3.8) is 0 Å². The van der Waals surface area contributed by atoms with Crippen LogP contribution < -0.4 is 16.0 Å². The highest BCUT2D eigenvalue weighted by atomic mass is 32.2. The Bertz CT molecular complexity index is 1170. The van der Waals surface area contributed by atoms with Crippen molar-refractivity contribution in [3.05, 3.63) is 23.5 Å². The lowest BCUT2D eigenvalue weighted by molar-refractivity contribution is 0.498. The monoisotopic (exact) mass is 460 g/mol. The second-order valence-corrected chi connectivity index (χ2v) is 8.98. The second-order valence-electron chi connectivity index (χ2n) is 6.94. The minimum Gasteiger partial charge on any atom is -0.386 e. The fourth-order valence-electron chi connectivity index (χ4n) is 3.69. The molecule has 1 saturated heterocycles. The van der Waals surface area contributed by atoms with Crippen molar-refractivity contribution in [2.24, 2.45) is 5.73 Å². The summed E-state index contributed by atoms with van der Waals surface area (Å²) in [5.74, 6) is 0.495. The Balaban J connectivity index is 0.00000112. The zero-order valence-electron chi connectivity index (χ0n) is 17.6. The zero-order chi connectivity index (χ0) is 22.0. The van der Waals surface area contributed by atoms with Crippen LogP contribution in [0.5, 0.6) is 0 Å². The summed E-state index contributed by atoms with van der Waals surface area (Å²) in [5.41, 5.74) is 9.94. The van der Waals surface area contributed by atoms with Gasteiger partial charge in [-0.2, -0.15) is 0 Å². The largest absolute Gasteiger partial charge is 0.386 e. The number of aromatic nitrogens is 5. The van der Waals surface area contributed by atoms with Crippen molar-refractivity contribution in [2.75, 3.05) is 30.4 Å². The van der Waals surface area contributed by atoms with E-state index >= 15 is 0 Å². The molecule has 31 heavy (non-hydrogen) atoms.